The first-order valence-electron chi connectivity index (χ1n) is 9.05. The molecule has 0 unspecified atom stereocenters. The summed E-state index contributed by atoms with van der Waals surface area (Å²) in [6, 6.07) is 17.5. The standard InChI is InChI=1S/C21H25N3O2/c1-17(25)18-6-5-7-19(16-18)22-21(26)10-11-23-12-14-24(15-13-23)20-8-3-2-4-9-20/h2-9,16H,10-15H2,1H3,(H,22,26). The van der Waals surface area contributed by atoms with E-state index in [1.165, 1.54) is 12.6 Å². The first-order chi connectivity index (χ1) is 12.6. The van der Waals surface area contributed by atoms with Crippen molar-refractivity contribution in [3.8, 4) is 0 Å². The van der Waals surface area contributed by atoms with Gasteiger partial charge < -0.3 is 10.2 Å². The minimum atomic E-state index is -0.0174. The minimum Gasteiger partial charge on any atom is -0.369 e. The molecule has 1 saturated heterocycles. The van der Waals surface area contributed by atoms with Crippen LogP contribution in [0.5, 0.6) is 0 Å². The Morgan fingerprint density at radius 1 is 0.962 bits per heavy atom. The first-order valence-corrected chi connectivity index (χ1v) is 9.05. The smallest absolute Gasteiger partial charge is 0.225 e. The van der Waals surface area contributed by atoms with Crippen molar-refractivity contribution in [3.63, 3.8) is 0 Å². The molecule has 0 aromatic heterocycles. The van der Waals surface area contributed by atoms with Crippen molar-refractivity contribution in [2.45, 2.75) is 13.3 Å². The first kappa shape index (κ1) is 18.1. The van der Waals surface area contributed by atoms with Crippen LogP contribution in [-0.2, 0) is 4.79 Å². The Kier molecular flexibility index (Phi) is 6.02. The molecule has 0 aliphatic carbocycles. The number of Topliss-reactive ketones (excluding diaryl/α,β-unsaturated/α-hetero) is 1. The molecule has 1 aliphatic rings. The maximum Gasteiger partial charge on any atom is 0.225 e. The normalized spacial score (nSPS) is 14.9. The quantitative estimate of drug-likeness (QED) is 0.813. The van der Waals surface area contributed by atoms with E-state index in [-0.39, 0.29) is 11.7 Å². The van der Waals surface area contributed by atoms with Gasteiger partial charge in [-0.1, -0.05) is 30.3 Å². The largest absolute Gasteiger partial charge is 0.369 e. The Balaban J connectivity index is 1.43. The van der Waals surface area contributed by atoms with Crippen molar-refractivity contribution < 1.29 is 9.59 Å². The lowest BCUT2D eigenvalue weighted by atomic mass is 10.1. The molecular formula is C21H25N3O2. The van der Waals surface area contributed by atoms with Gasteiger partial charge in [0.1, 0.15) is 0 Å². The van der Waals surface area contributed by atoms with Crippen LogP contribution in [0.25, 0.3) is 0 Å². The molecule has 1 aliphatic heterocycles. The van der Waals surface area contributed by atoms with E-state index in [1.807, 2.05) is 12.1 Å². The second-order valence-electron chi connectivity index (χ2n) is 6.60. The van der Waals surface area contributed by atoms with Crippen molar-refractivity contribution >= 4 is 23.1 Å². The van der Waals surface area contributed by atoms with E-state index in [0.717, 1.165) is 32.7 Å². The fourth-order valence-electron chi connectivity index (χ4n) is 3.17. The lowest BCUT2D eigenvalue weighted by Crippen LogP contribution is -2.47. The number of hydrogen-bond acceptors (Lipinski definition) is 4. The summed E-state index contributed by atoms with van der Waals surface area (Å²) in [7, 11) is 0. The number of rotatable bonds is 6. The van der Waals surface area contributed by atoms with Crippen LogP contribution < -0.4 is 10.2 Å². The van der Waals surface area contributed by atoms with Crippen LogP contribution in [0.15, 0.2) is 54.6 Å². The molecular weight excluding hydrogens is 326 g/mol. The van der Waals surface area contributed by atoms with Gasteiger partial charge in [-0.2, -0.15) is 0 Å². The van der Waals surface area contributed by atoms with Gasteiger partial charge in [0, 0.05) is 56.1 Å². The third-order valence-electron chi connectivity index (χ3n) is 4.70. The number of ketones is 1. The second-order valence-corrected chi connectivity index (χ2v) is 6.60. The molecule has 3 rings (SSSR count). The van der Waals surface area contributed by atoms with Crippen LogP contribution in [0.2, 0.25) is 0 Å². The van der Waals surface area contributed by atoms with Gasteiger partial charge in [-0.25, -0.2) is 0 Å². The number of carbonyl (C=O) groups is 2. The monoisotopic (exact) mass is 351 g/mol. The SMILES string of the molecule is CC(=O)c1cccc(NC(=O)CCN2CCN(c3ccccc3)CC2)c1. The van der Waals surface area contributed by atoms with Crippen LogP contribution in [-0.4, -0.2) is 49.3 Å². The Hall–Kier alpha value is -2.66. The van der Waals surface area contributed by atoms with E-state index in [2.05, 4.69) is 39.4 Å². The topological polar surface area (TPSA) is 52.7 Å². The van der Waals surface area contributed by atoms with Crippen molar-refractivity contribution in [2.24, 2.45) is 0 Å². The van der Waals surface area contributed by atoms with E-state index in [4.69, 9.17) is 0 Å². The minimum absolute atomic E-state index is 0.00242. The van der Waals surface area contributed by atoms with Crippen LogP contribution in [0.4, 0.5) is 11.4 Å². The number of piperazine rings is 1. The van der Waals surface area contributed by atoms with Gasteiger partial charge in [0.25, 0.3) is 0 Å². The molecule has 0 saturated carbocycles. The number of carbonyl (C=O) groups excluding carboxylic acids is 2. The van der Waals surface area contributed by atoms with Crippen molar-refractivity contribution in [1.29, 1.82) is 0 Å². The van der Waals surface area contributed by atoms with Crippen molar-refractivity contribution in [1.82, 2.24) is 4.90 Å². The molecule has 0 spiro atoms. The number of benzene rings is 2. The molecule has 0 radical (unpaired) electrons. The molecule has 1 amide bonds. The number of hydrogen-bond donors (Lipinski definition) is 1. The molecule has 0 atom stereocenters. The molecule has 136 valence electrons. The van der Waals surface area contributed by atoms with Crippen LogP contribution in [0.1, 0.15) is 23.7 Å². The molecule has 1 N–H and O–H groups in total. The van der Waals surface area contributed by atoms with Gasteiger partial charge in [-0.05, 0) is 31.2 Å². The Labute approximate surface area is 154 Å². The van der Waals surface area contributed by atoms with Crippen molar-refractivity contribution in [3.05, 3.63) is 60.2 Å². The van der Waals surface area contributed by atoms with Crippen molar-refractivity contribution in [2.75, 3.05) is 42.9 Å². The molecule has 5 nitrogen and oxygen atoms in total. The van der Waals surface area contributed by atoms with Gasteiger partial charge in [0.2, 0.25) is 5.91 Å². The predicted octanol–water partition coefficient (Wildman–Crippen LogP) is 3.04. The van der Waals surface area contributed by atoms with E-state index in [0.29, 0.717) is 17.7 Å². The number of amides is 1. The van der Waals surface area contributed by atoms with Crippen LogP contribution >= 0.6 is 0 Å². The molecule has 2 aromatic rings. The second kappa shape index (κ2) is 8.63. The summed E-state index contributed by atoms with van der Waals surface area (Å²) in [4.78, 5) is 28.3. The average molecular weight is 351 g/mol. The highest BCUT2D eigenvalue weighted by Gasteiger charge is 2.17. The highest BCUT2D eigenvalue weighted by molar-refractivity contribution is 5.97. The van der Waals surface area contributed by atoms with Gasteiger partial charge in [0.05, 0.1) is 0 Å². The summed E-state index contributed by atoms with van der Waals surface area (Å²) in [6.45, 7) is 6.15. The maximum atomic E-state index is 12.2. The Morgan fingerprint density at radius 3 is 2.38 bits per heavy atom. The van der Waals surface area contributed by atoms with Crippen LogP contribution in [0.3, 0.4) is 0 Å². The third kappa shape index (κ3) is 4.92. The van der Waals surface area contributed by atoms with Gasteiger partial charge in [0.15, 0.2) is 5.78 Å². The number of nitrogens with zero attached hydrogens (tertiary/aromatic N) is 2. The summed E-state index contributed by atoms with van der Waals surface area (Å²) in [5.74, 6) is -0.0198. The zero-order chi connectivity index (χ0) is 18.4. The highest BCUT2D eigenvalue weighted by Crippen LogP contribution is 2.16. The van der Waals surface area contributed by atoms with Gasteiger partial charge >= 0.3 is 0 Å². The summed E-state index contributed by atoms with van der Waals surface area (Å²) in [6.07, 6.45) is 0.454. The summed E-state index contributed by atoms with van der Waals surface area (Å²) < 4.78 is 0. The van der Waals surface area contributed by atoms with E-state index in [9.17, 15) is 9.59 Å². The lowest BCUT2D eigenvalue weighted by molar-refractivity contribution is -0.116. The lowest BCUT2D eigenvalue weighted by Gasteiger charge is -2.36. The number of nitrogens with one attached hydrogen (secondary N) is 1. The number of para-hydroxylation sites is 1. The fraction of sp³-hybridized carbons (Fsp3) is 0.333. The zero-order valence-corrected chi connectivity index (χ0v) is 15.1. The van der Waals surface area contributed by atoms with Crippen LogP contribution in [0, 0.1) is 0 Å². The molecule has 1 fully saturated rings. The number of anilines is 2. The van der Waals surface area contributed by atoms with E-state index in [1.54, 1.807) is 18.2 Å². The zero-order valence-electron chi connectivity index (χ0n) is 15.1. The Morgan fingerprint density at radius 2 is 1.69 bits per heavy atom. The Bertz CT molecular complexity index is 753. The predicted molar refractivity (Wildman–Crippen MR) is 105 cm³/mol. The molecule has 1 heterocycles. The molecule has 5 heteroatoms. The van der Waals surface area contributed by atoms with Gasteiger partial charge in [-0.3, -0.25) is 14.5 Å². The molecule has 26 heavy (non-hydrogen) atoms. The summed E-state index contributed by atoms with van der Waals surface area (Å²) >= 11 is 0. The third-order valence-corrected chi connectivity index (χ3v) is 4.70. The van der Waals surface area contributed by atoms with E-state index >= 15 is 0 Å². The maximum absolute atomic E-state index is 12.2. The summed E-state index contributed by atoms with van der Waals surface area (Å²) in [5.41, 5.74) is 2.55. The van der Waals surface area contributed by atoms with E-state index < -0.39 is 0 Å². The summed E-state index contributed by atoms with van der Waals surface area (Å²) in [5, 5.41) is 2.88. The average Bonchev–Trinajstić information content (AvgIpc) is 2.68. The highest BCUT2D eigenvalue weighted by atomic mass is 16.1. The molecule has 2 aromatic carbocycles. The molecule has 0 bridgehead atoms. The fourth-order valence-corrected chi connectivity index (χ4v) is 3.17. The van der Waals surface area contributed by atoms with Gasteiger partial charge in [-0.15, -0.1) is 0 Å².